The Bertz CT molecular complexity index is 3790. The molecule has 57 heavy (non-hydrogen) atoms. The molecule has 0 N–H and O–H groups in total. The molecule has 0 amide bonds. The van der Waals surface area contributed by atoms with E-state index in [1.165, 1.54) is 21.9 Å². The van der Waals surface area contributed by atoms with Crippen molar-refractivity contribution in [3.05, 3.63) is 206 Å². The molecule has 0 unspecified atom stereocenters. The normalized spacial score (nSPS) is 13.1. The van der Waals surface area contributed by atoms with E-state index in [4.69, 9.17) is 11.3 Å². The van der Waals surface area contributed by atoms with Gasteiger partial charge in [0.25, 0.3) is 0 Å². The third-order valence-corrected chi connectivity index (χ3v) is 11.4. The molecular weight excluding hydrogens is 693 g/mol. The van der Waals surface area contributed by atoms with Crippen molar-refractivity contribution in [2.75, 3.05) is 0 Å². The van der Waals surface area contributed by atoms with Crippen molar-refractivity contribution >= 4 is 65.6 Å². The fourth-order valence-corrected chi connectivity index (χ4v) is 8.92. The third-order valence-electron chi connectivity index (χ3n) is 11.4. The lowest BCUT2D eigenvalue weighted by atomic mass is 9.99. The molecule has 0 radical (unpaired) electrons. The maximum absolute atomic E-state index is 8.69. The Balaban J connectivity index is 0.999. The lowest BCUT2D eigenvalue weighted by molar-refractivity contribution is 0.668. The predicted octanol–water partition coefficient (Wildman–Crippen LogP) is 14.8. The van der Waals surface area contributed by atoms with Gasteiger partial charge < -0.3 is 13.6 Å². The Kier molecular flexibility index (Phi) is 5.91. The lowest BCUT2D eigenvalue weighted by Crippen LogP contribution is -1.97. The second-order valence-electron chi connectivity index (χ2n) is 14.5. The molecule has 266 valence electrons. The Morgan fingerprint density at radius 2 is 0.982 bits per heavy atom. The standard InChI is InChI=1S/C54H34N2O/c1-3-14-35(15-4-1)40-18-7-10-22-47(40)56-49-24-12-9-20-43(49)46-33-38(27-31-51(46)56)37-26-30-50-45(32-37)42-19-8-11-23-48(42)55(50)39-28-29-44-53(34-39)57-52-25-13-21-41(54(44)52)36-16-5-2-6-17-36/h1-34H/i2D,5D,6D,16D,17D. The maximum atomic E-state index is 8.69. The van der Waals surface area contributed by atoms with Crippen LogP contribution in [0.2, 0.25) is 0 Å². The van der Waals surface area contributed by atoms with Gasteiger partial charge >= 0.3 is 0 Å². The van der Waals surface area contributed by atoms with Crippen LogP contribution in [0.3, 0.4) is 0 Å². The van der Waals surface area contributed by atoms with Crippen LogP contribution in [0.1, 0.15) is 6.85 Å². The van der Waals surface area contributed by atoms with E-state index in [1.807, 2.05) is 18.2 Å². The Morgan fingerprint density at radius 1 is 0.368 bits per heavy atom. The number of aromatic nitrogens is 2. The first-order chi connectivity index (χ1) is 30.4. The van der Waals surface area contributed by atoms with Crippen molar-refractivity contribution in [3.63, 3.8) is 0 Å². The van der Waals surface area contributed by atoms with E-state index in [2.05, 4.69) is 155 Å². The Hall–Kier alpha value is -7.62. The number of hydrogen-bond acceptors (Lipinski definition) is 1. The van der Waals surface area contributed by atoms with Gasteiger partial charge in [-0.3, -0.25) is 0 Å². The van der Waals surface area contributed by atoms with Crippen LogP contribution in [-0.4, -0.2) is 9.13 Å². The van der Waals surface area contributed by atoms with Crippen LogP contribution in [-0.2, 0) is 0 Å². The topological polar surface area (TPSA) is 23.0 Å². The summed E-state index contributed by atoms with van der Waals surface area (Å²) >= 11 is 0. The first kappa shape index (κ1) is 27.0. The molecule has 0 fully saturated rings. The second-order valence-corrected chi connectivity index (χ2v) is 14.5. The average molecular weight is 732 g/mol. The van der Waals surface area contributed by atoms with E-state index in [0.717, 1.165) is 60.7 Å². The highest BCUT2D eigenvalue weighted by Crippen LogP contribution is 2.42. The summed E-state index contributed by atoms with van der Waals surface area (Å²) in [6.07, 6.45) is 0. The molecule has 0 aliphatic carbocycles. The summed E-state index contributed by atoms with van der Waals surface area (Å²) in [4.78, 5) is 0. The minimum absolute atomic E-state index is 0.157. The summed E-state index contributed by atoms with van der Waals surface area (Å²) < 4.78 is 53.2. The van der Waals surface area contributed by atoms with Gasteiger partial charge in [-0.1, -0.05) is 139 Å². The van der Waals surface area contributed by atoms with Crippen molar-refractivity contribution in [2.24, 2.45) is 0 Å². The number of para-hydroxylation sites is 3. The SMILES string of the molecule is [2H]c1c([2H])c([2H])c(-c2cccc3oc4cc(-n5c6ccccc6c6cc(-c7ccc8c(c7)c7ccccc7n8-c7ccccc7-c7ccccc7)ccc65)ccc4c23)c([2H])c1[2H]. The van der Waals surface area contributed by atoms with E-state index < -0.39 is 6.04 Å². The molecule has 3 heterocycles. The van der Waals surface area contributed by atoms with Crippen molar-refractivity contribution < 1.29 is 11.3 Å². The molecular formula is C54H34N2O. The first-order valence-electron chi connectivity index (χ1n) is 21.6. The molecule has 0 aliphatic rings. The average Bonchev–Trinajstić information content (AvgIpc) is 3.97. The smallest absolute Gasteiger partial charge is 0.137 e. The number of rotatable bonds is 5. The van der Waals surface area contributed by atoms with Gasteiger partial charge in [0.05, 0.1) is 34.6 Å². The van der Waals surface area contributed by atoms with Crippen molar-refractivity contribution in [2.45, 2.75) is 0 Å². The zero-order chi connectivity index (χ0) is 41.8. The number of fused-ring (bicyclic) bond motifs is 9. The van der Waals surface area contributed by atoms with Crippen LogP contribution >= 0.6 is 0 Å². The largest absolute Gasteiger partial charge is 0.456 e. The number of benzene rings is 9. The summed E-state index contributed by atoms with van der Waals surface area (Å²) in [5.41, 5.74) is 13.0. The van der Waals surface area contributed by atoms with Crippen molar-refractivity contribution in [3.8, 4) is 44.8 Å². The Labute approximate surface area is 335 Å². The van der Waals surface area contributed by atoms with Gasteiger partial charge in [0, 0.05) is 49.6 Å². The van der Waals surface area contributed by atoms with Crippen LogP contribution in [0.4, 0.5) is 0 Å². The molecule has 0 saturated heterocycles. The van der Waals surface area contributed by atoms with Gasteiger partial charge in [-0.25, -0.2) is 0 Å². The summed E-state index contributed by atoms with van der Waals surface area (Å²) in [7, 11) is 0. The van der Waals surface area contributed by atoms with Crippen LogP contribution in [0, 0.1) is 0 Å². The lowest BCUT2D eigenvalue weighted by Gasteiger charge is -2.14. The number of hydrogen-bond donors (Lipinski definition) is 0. The zero-order valence-electron chi connectivity index (χ0n) is 35.5. The maximum Gasteiger partial charge on any atom is 0.137 e. The van der Waals surface area contributed by atoms with Crippen LogP contribution < -0.4 is 0 Å². The summed E-state index contributed by atoms with van der Waals surface area (Å²) in [5, 5.41) is 6.16. The monoisotopic (exact) mass is 731 g/mol. The van der Waals surface area contributed by atoms with Gasteiger partial charge in [-0.2, -0.15) is 0 Å². The summed E-state index contributed by atoms with van der Waals surface area (Å²) in [6, 6.07) is 59.7. The number of furan rings is 1. The molecule has 9 aromatic carbocycles. The van der Waals surface area contributed by atoms with Crippen LogP contribution in [0.25, 0.3) is 110 Å². The first-order valence-corrected chi connectivity index (χ1v) is 19.1. The second kappa shape index (κ2) is 12.5. The van der Waals surface area contributed by atoms with Gasteiger partial charge in [0.1, 0.15) is 11.2 Å². The van der Waals surface area contributed by atoms with Gasteiger partial charge in [0.15, 0.2) is 0 Å². The predicted molar refractivity (Wildman–Crippen MR) is 239 cm³/mol. The quantitative estimate of drug-likeness (QED) is 0.173. The number of nitrogens with zero attached hydrogens (tertiary/aromatic N) is 2. The fourth-order valence-electron chi connectivity index (χ4n) is 8.92. The minimum atomic E-state index is -0.415. The highest BCUT2D eigenvalue weighted by atomic mass is 16.3. The highest BCUT2D eigenvalue weighted by Gasteiger charge is 2.19. The van der Waals surface area contributed by atoms with Crippen molar-refractivity contribution in [1.82, 2.24) is 9.13 Å². The van der Waals surface area contributed by atoms with E-state index >= 15 is 0 Å². The molecule has 12 rings (SSSR count). The van der Waals surface area contributed by atoms with Crippen LogP contribution in [0.5, 0.6) is 0 Å². The van der Waals surface area contributed by atoms with E-state index in [1.54, 1.807) is 12.1 Å². The van der Waals surface area contributed by atoms with E-state index in [0.29, 0.717) is 22.1 Å². The zero-order valence-corrected chi connectivity index (χ0v) is 30.5. The molecule has 0 aliphatic heterocycles. The van der Waals surface area contributed by atoms with Crippen molar-refractivity contribution in [1.29, 1.82) is 0 Å². The molecule has 0 bridgehead atoms. The Morgan fingerprint density at radius 3 is 1.74 bits per heavy atom. The van der Waals surface area contributed by atoms with Gasteiger partial charge in [-0.15, -0.1) is 0 Å². The van der Waals surface area contributed by atoms with Gasteiger partial charge in [-0.05, 0) is 88.5 Å². The summed E-state index contributed by atoms with van der Waals surface area (Å²) in [6.45, 7) is 0. The molecule has 12 aromatic rings. The van der Waals surface area contributed by atoms with Crippen LogP contribution in [0.15, 0.2) is 211 Å². The molecule has 0 atom stereocenters. The highest BCUT2D eigenvalue weighted by molar-refractivity contribution is 6.15. The molecule has 0 saturated carbocycles. The van der Waals surface area contributed by atoms with E-state index in [9.17, 15) is 0 Å². The molecule has 3 nitrogen and oxygen atoms in total. The van der Waals surface area contributed by atoms with E-state index in [-0.39, 0.29) is 29.7 Å². The molecule has 3 heteroatoms. The molecule has 3 aromatic heterocycles. The minimum Gasteiger partial charge on any atom is -0.456 e. The third kappa shape index (κ3) is 4.86. The summed E-state index contributed by atoms with van der Waals surface area (Å²) in [5.74, 6) is 0. The fraction of sp³-hybridized carbons (Fsp3) is 0. The molecule has 0 spiro atoms. The van der Waals surface area contributed by atoms with Gasteiger partial charge in [0.2, 0.25) is 0 Å².